The topological polar surface area (TPSA) is 125 Å². The largest absolute Gasteiger partial charge is 0.498 e. The number of nitrogens with two attached hydrogens (primary N) is 1. The van der Waals surface area contributed by atoms with Crippen molar-refractivity contribution >= 4 is 37.6 Å². The van der Waals surface area contributed by atoms with E-state index in [2.05, 4.69) is 0 Å². The van der Waals surface area contributed by atoms with Gasteiger partial charge in [0.15, 0.2) is 0 Å². The Kier molecular flexibility index (Phi) is 7.42. The molecule has 10 nitrogen and oxygen atoms in total. The molecular formula is C20H23B2ClN2O8. The number of rotatable bonds is 3. The smallest absolute Gasteiger partial charge is 0.492 e. The number of benzene rings is 2. The van der Waals surface area contributed by atoms with Crippen molar-refractivity contribution < 1.29 is 33.0 Å². The van der Waals surface area contributed by atoms with Gasteiger partial charge in [0.25, 0.3) is 0 Å². The summed E-state index contributed by atoms with van der Waals surface area (Å²) < 4.78 is 33.4. The lowest BCUT2D eigenvalue weighted by molar-refractivity contribution is -0.490. The number of hydrogen-bond donors (Lipinski definition) is 1. The average molecular weight is 476 g/mol. The summed E-state index contributed by atoms with van der Waals surface area (Å²) in [5, 5.41) is 10.6. The summed E-state index contributed by atoms with van der Waals surface area (Å²) in [7, 11) is -0.833. The summed E-state index contributed by atoms with van der Waals surface area (Å²) in [4.78, 5) is 10.2. The molecule has 2 aromatic carbocycles. The Balaban J connectivity index is 0.000000153. The van der Waals surface area contributed by atoms with Crippen molar-refractivity contribution in [1.82, 2.24) is 0 Å². The molecule has 4 aliphatic rings. The molecular weight excluding hydrogens is 453 g/mol. The molecule has 0 amide bonds. The molecule has 0 aromatic heterocycles. The summed E-state index contributed by atoms with van der Waals surface area (Å²) in [6.07, 6.45) is -0.613. The lowest BCUT2D eigenvalue weighted by Crippen LogP contribution is -2.31. The lowest BCUT2D eigenvalue weighted by Gasteiger charge is -2.11. The van der Waals surface area contributed by atoms with Gasteiger partial charge in [0.1, 0.15) is 30.8 Å². The molecule has 2 N–H and O–H groups in total. The first-order valence-corrected chi connectivity index (χ1v) is 10.5. The van der Waals surface area contributed by atoms with Crippen LogP contribution in [0.25, 0.3) is 0 Å². The van der Waals surface area contributed by atoms with Gasteiger partial charge in [0, 0.05) is 22.4 Å². The van der Waals surface area contributed by atoms with Crippen LogP contribution in [0.2, 0.25) is 0 Å². The van der Waals surface area contributed by atoms with E-state index in [0.29, 0.717) is 38.7 Å². The molecule has 0 saturated carbocycles. The van der Waals surface area contributed by atoms with E-state index in [1.165, 1.54) is 0 Å². The Morgan fingerprint density at radius 2 is 1.39 bits per heavy atom. The molecule has 6 rings (SSSR count). The number of nitro groups is 1. The zero-order chi connectivity index (χ0) is 22.1. The van der Waals surface area contributed by atoms with Gasteiger partial charge in [-0.05, 0) is 23.3 Å². The molecule has 4 aliphatic heterocycles. The highest BCUT2D eigenvalue weighted by Gasteiger charge is 2.43. The Hall–Kier alpha value is -2.34. The quantitative estimate of drug-likeness (QED) is 0.380. The van der Waals surface area contributed by atoms with E-state index in [-0.39, 0.29) is 37.1 Å². The fraction of sp³-hybridized carbons (Fsp3) is 0.400. The molecule has 33 heavy (non-hydrogen) atoms. The van der Waals surface area contributed by atoms with Gasteiger partial charge < -0.3 is 33.8 Å². The van der Waals surface area contributed by atoms with E-state index in [9.17, 15) is 10.1 Å². The number of halogens is 1. The zero-order valence-corrected chi connectivity index (χ0v) is 18.5. The minimum Gasteiger partial charge on any atom is -0.492 e. The molecule has 0 aliphatic carbocycles. The third-order valence-corrected chi connectivity index (χ3v) is 5.69. The van der Waals surface area contributed by atoms with Crippen LogP contribution in [0.4, 0.5) is 0 Å². The van der Waals surface area contributed by atoms with Crippen LogP contribution in [-0.2, 0) is 18.6 Å². The molecule has 2 unspecified atom stereocenters. The minimum atomic E-state index is -0.549. The molecule has 0 fully saturated rings. The van der Waals surface area contributed by atoms with Gasteiger partial charge in [0.05, 0.1) is 19.3 Å². The SMILES string of the molecule is Cl.NCC1OB2OCCOc3cccc1c32.O=[N+]([O-])CC1OB2OCCOc3cccc1c32. The van der Waals surface area contributed by atoms with Gasteiger partial charge in [0.2, 0.25) is 6.54 Å². The molecule has 0 saturated heterocycles. The van der Waals surface area contributed by atoms with Crippen LogP contribution >= 0.6 is 12.4 Å². The van der Waals surface area contributed by atoms with Crippen LogP contribution in [0.3, 0.4) is 0 Å². The van der Waals surface area contributed by atoms with Crippen LogP contribution in [0.1, 0.15) is 23.3 Å². The molecule has 174 valence electrons. The average Bonchev–Trinajstić information content (AvgIpc) is 3.14. The van der Waals surface area contributed by atoms with Gasteiger partial charge in [-0.25, -0.2) is 0 Å². The first-order chi connectivity index (χ1) is 15.7. The van der Waals surface area contributed by atoms with Crippen molar-refractivity contribution in [2.75, 3.05) is 39.5 Å². The van der Waals surface area contributed by atoms with E-state index < -0.39 is 13.2 Å². The molecule has 2 aromatic rings. The first kappa shape index (κ1) is 23.8. The summed E-state index contributed by atoms with van der Waals surface area (Å²) in [6.45, 7) is 2.23. The Labute approximate surface area is 197 Å². The van der Waals surface area contributed by atoms with Crippen LogP contribution in [0.5, 0.6) is 11.5 Å². The van der Waals surface area contributed by atoms with Crippen molar-refractivity contribution in [3.8, 4) is 11.5 Å². The van der Waals surface area contributed by atoms with Gasteiger partial charge in [-0.2, -0.15) is 0 Å². The summed E-state index contributed by atoms with van der Waals surface area (Å²) >= 11 is 0. The Bertz CT molecular complexity index is 1020. The molecule has 2 atom stereocenters. The monoisotopic (exact) mass is 476 g/mol. The third kappa shape index (κ3) is 4.68. The molecule has 0 radical (unpaired) electrons. The van der Waals surface area contributed by atoms with Gasteiger partial charge in [-0.3, -0.25) is 10.1 Å². The predicted molar refractivity (Wildman–Crippen MR) is 122 cm³/mol. The van der Waals surface area contributed by atoms with E-state index in [1.54, 1.807) is 0 Å². The van der Waals surface area contributed by atoms with E-state index in [0.717, 1.165) is 27.8 Å². The highest BCUT2D eigenvalue weighted by atomic mass is 35.5. The molecule has 0 spiro atoms. The Morgan fingerprint density at radius 3 is 1.91 bits per heavy atom. The van der Waals surface area contributed by atoms with Gasteiger partial charge in [-0.1, -0.05) is 24.3 Å². The number of hydrogen-bond acceptors (Lipinski definition) is 9. The second kappa shape index (κ2) is 10.3. The van der Waals surface area contributed by atoms with E-state index >= 15 is 0 Å². The van der Waals surface area contributed by atoms with Crippen molar-refractivity contribution in [2.45, 2.75) is 12.2 Å². The highest BCUT2D eigenvalue weighted by molar-refractivity contribution is 6.64. The maximum absolute atomic E-state index is 10.6. The maximum atomic E-state index is 10.6. The second-order valence-electron chi connectivity index (χ2n) is 7.62. The zero-order valence-electron chi connectivity index (χ0n) is 17.7. The highest BCUT2D eigenvalue weighted by Crippen LogP contribution is 2.30. The first-order valence-electron chi connectivity index (χ1n) is 10.5. The minimum absolute atomic E-state index is 0. The third-order valence-electron chi connectivity index (χ3n) is 5.69. The maximum Gasteiger partial charge on any atom is 0.498 e. The van der Waals surface area contributed by atoms with E-state index in [4.69, 9.17) is 33.8 Å². The fourth-order valence-electron chi connectivity index (χ4n) is 4.34. The number of nitrogens with zero attached hydrogens (tertiary/aromatic N) is 1. The summed E-state index contributed by atoms with van der Waals surface area (Å²) in [6, 6.07) is 11.4. The van der Waals surface area contributed by atoms with Crippen LogP contribution in [0, 0.1) is 10.1 Å². The lowest BCUT2D eigenvalue weighted by atomic mass is 9.78. The van der Waals surface area contributed by atoms with Crippen molar-refractivity contribution in [3.05, 3.63) is 57.6 Å². The van der Waals surface area contributed by atoms with Crippen molar-refractivity contribution in [1.29, 1.82) is 0 Å². The standard InChI is InChI=1S/C10H10BNO5.C10H12BNO3.ClH/c13-12(14)6-9-7-2-1-3-8-10(7)11(17-9)16-5-4-15-8;12-6-9-7-2-1-3-8-10(7)11(15-9)14-5-4-13-8;/h1-3,9H,4-6H2;1-3,9H,4-6,12H2;1H. The normalized spacial score (nSPS) is 21.7. The number of ether oxygens (including phenoxy) is 2. The molecule has 0 bridgehead atoms. The van der Waals surface area contributed by atoms with Crippen LogP contribution in [0.15, 0.2) is 36.4 Å². The summed E-state index contributed by atoms with van der Waals surface area (Å²) in [5.41, 5.74) is 9.37. The Morgan fingerprint density at radius 1 is 0.879 bits per heavy atom. The van der Waals surface area contributed by atoms with E-state index in [1.807, 2.05) is 36.4 Å². The van der Waals surface area contributed by atoms with Crippen molar-refractivity contribution in [2.24, 2.45) is 5.73 Å². The molecule has 4 heterocycles. The second-order valence-corrected chi connectivity index (χ2v) is 7.62. The predicted octanol–water partition coefficient (Wildman–Crippen LogP) is 0.381. The van der Waals surface area contributed by atoms with Crippen LogP contribution in [-0.4, -0.2) is 58.7 Å². The summed E-state index contributed by atoms with van der Waals surface area (Å²) in [5.74, 6) is 1.57. The van der Waals surface area contributed by atoms with Gasteiger partial charge >= 0.3 is 14.2 Å². The van der Waals surface area contributed by atoms with Gasteiger partial charge in [-0.15, -0.1) is 12.4 Å². The van der Waals surface area contributed by atoms with Crippen LogP contribution < -0.4 is 26.1 Å². The molecule has 13 heteroatoms. The van der Waals surface area contributed by atoms with Crippen molar-refractivity contribution in [3.63, 3.8) is 0 Å². The fourth-order valence-corrected chi connectivity index (χ4v) is 4.34.